The summed E-state index contributed by atoms with van der Waals surface area (Å²) in [5.41, 5.74) is 1.27. The molecular weight excluding hydrogens is 385 g/mol. The lowest BCUT2D eigenvalue weighted by atomic mass is 10.0. The third kappa shape index (κ3) is 4.52. The van der Waals surface area contributed by atoms with Crippen LogP contribution in [-0.2, 0) is 0 Å². The Morgan fingerprint density at radius 1 is 0.931 bits per heavy atom. The van der Waals surface area contributed by atoms with Crippen LogP contribution in [0.15, 0.2) is 36.4 Å². The van der Waals surface area contributed by atoms with E-state index in [9.17, 15) is 22.8 Å². The van der Waals surface area contributed by atoms with Crippen LogP contribution in [0.25, 0.3) is 0 Å². The highest BCUT2D eigenvalue weighted by Crippen LogP contribution is 2.27. The fourth-order valence-electron chi connectivity index (χ4n) is 3.45. The maximum Gasteiger partial charge on any atom is 0.387 e. The normalized spacial score (nSPS) is 14.3. The van der Waals surface area contributed by atoms with Crippen LogP contribution in [0.2, 0.25) is 0 Å². The molecule has 0 aromatic heterocycles. The molecule has 29 heavy (non-hydrogen) atoms. The zero-order valence-electron chi connectivity index (χ0n) is 16.1. The Kier molecular flexibility index (Phi) is 6.10. The van der Waals surface area contributed by atoms with Gasteiger partial charge in [-0.3, -0.25) is 9.59 Å². The maximum atomic E-state index is 13.8. The maximum absolute atomic E-state index is 13.8. The van der Waals surface area contributed by atoms with Crippen molar-refractivity contribution in [3.05, 3.63) is 64.5 Å². The SMILES string of the molecule is Cc1cc(C(=O)N2CCN(C(=O)c3ccccc3F)CC2)cc(C)c1OC(F)F. The molecule has 0 unspecified atom stereocenters. The molecule has 0 N–H and O–H groups in total. The number of amides is 2. The Balaban J connectivity index is 1.67. The van der Waals surface area contributed by atoms with Crippen LogP contribution < -0.4 is 4.74 Å². The van der Waals surface area contributed by atoms with Gasteiger partial charge >= 0.3 is 6.61 Å². The highest BCUT2D eigenvalue weighted by atomic mass is 19.3. The van der Waals surface area contributed by atoms with Gasteiger partial charge in [0.25, 0.3) is 11.8 Å². The molecule has 0 saturated carbocycles. The van der Waals surface area contributed by atoms with E-state index in [0.29, 0.717) is 29.8 Å². The number of alkyl halides is 2. The van der Waals surface area contributed by atoms with Crippen molar-refractivity contribution in [2.45, 2.75) is 20.5 Å². The van der Waals surface area contributed by atoms with E-state index in [1.807, 2.05) is 0 Å². The van der Waals surface area contributed by atoms with E-state index >= 15 is 0 Å². The van der Waals surface area contributed by atoms with E-state index in [1.165, 1.54) is 35.2 Å². The van der Waals surface area contributed by atoms with Crippen LogP contribution >= 0.6 is 0 Å². The summed E-state index contributed by atoms with van der Waals surface area (Å²) < 4.78 is 43.4. The van der Waals surface area contributed by atoms with Crippen molar-refractivity contribution in [2.75, 3.05) is 26.2 Å². The van der Waals surface area contributed by atoms with Gasteiger partial charge in [-0.05, 0) is 49.2 Å². The number of benzene rings is 2. The zero-order valence-corrected chi connectivity index (χ0v) is 16.1. The summed E-state index contributed by atoms with van der Waals surface area (Å²) in [6, 6.07) is 8.82. The summed E-state index contributed by atoms with van der Waals surface area (Å²) in [7, 11) is 0. The number of hydrogen-bond donors (Lipinski definition) is 0. The lowest BCUT2D eigenvalue weighted by molar-refractivity contribution is -0.0507. The van der Waals surface area contributed by atoms with Gasteiger partial charge < -0.3 is 14.5 Å². The smallest absolute Gasteiger partial charge is 0.387 e. The highest BCUT2D eigenvalue weighted by molar-refractivity contribution is 5.96. The molecule has 2 aromatic carbocycles. The van der Waals surface area contributed by atoms with Crippen LogP contribution in [0.4, 0.5) is 13.2 Å². The first-order valence-corrected chi connectivity index (χ1v) is 9.17. The van der Waals surface area contributed by atoms with Gasteiger partial charge in [0.05, 0.1) is 5.56 Å². The van der Waals surface area contributed by atoms with E-state index in [0.717, 1.165) is 0 Å². The van der Waals surface area contributed by atoms with Crippen molar-refractivity contribution in [3.63, 3.8) is 0 Å². The lowest BCUT2D eigenvalue weighted by Crippen LogP contribution is -2.50. The number of aryl methyl sites for hydroxylation is 2. The molecule has 5 nitrogen and oxygen atoms in total. The van der Waals surface area contributed by atoms with E-state index < -0.39 is 18.3 Å². The minimum Gasteiger partial charge on any atom is -0.434 e. The van der Waals surface area contributed by atoms with Gasteiger partial charge in [-0.1, -0.05) is 12.1 Å². The second-order valence-corrected chi connectivity index (χ2v) is 6.88. The Hall–Kier alpha value is -3.03. The fourth-order valence-corrected chi connectivity index (χ4v) is 3.45. The third-order valence-corrected chi connectivity index (χ3v) is 4.87. The summed E-state index contributed by atoms with van der Waals surface area (Å²) in [4.78, 5) is 28.4. The lowest BCUT2D eigenvalue weighted by Gasteiger charge is -2.35. The second kappa shape index (κ2) is 8.55. The average Bonchev–Trinajstić information content (AvgIpc) is 2.70. The van der Waals surface area contributed by atoms with E-state index in [-0.39, 0.29) is 30.3 Å². The van der Waals surface area contributed by atoms with Crippen LogP contribution in [0.1, 0.15) is 31.8 Å². The van der Waals surface area contributed by atoms with Gasteiger partial charge in [0, 0.05) is 31.7 Å². The molecule has 1 heterocycles. The first kappa shape index (κ1) is 20.7. The Bertz CT molecular complexity index is 902. The van der Waals surface area contributed by atoms with Crippen molar-refractivity contribution in [3.8, 4) is 5.75 Å². The van der Waals surface area contributed by atoms with Crippen molar-refractivity contribution in [1.82, 2.24) is 9.80 Å². The summed E-state index contributed by atoms with van der Waals surface area (Å²) in [6.07, 6.45) is 0. The zero-order chi connectivity index (χ0) is 21.1. The van der Waals surface area contributed by atoms with Gasteiger partial charge in [-0.25, -0.2) is 4.39 Å². The van der Waals surface area contributed by atoms with Gasteiger partial charge in [0.15, 0.2) is 0 Å². The van der Waals surface area contributed by atoms with Crippen molar-refractivity contribution < 1.29 is 27.5 Å². The predicted octanol–water partition coefficient (Wildman–Crippen LogP) is 3.64. The minimum absolute atomic E-state index is 0.00754. The summed E-state index contributed by atoms with van der Waals surface area (Å²) in [6.45, 7) is 1.43. The molecule has 0 bridgehead atoms. The number of hydrogen-bond acceptors (Lipinski definition) is 3. The van der Waals surface area contributed by atoms with Crippen LogP contribution in [-0.4, -0.2) is 54.4 Å². The summed E-state index contributed by atoms with van der Waals surface area (Å²) >= 11 is 0. The quantitative estimate of drug-likeness (QED) is 0.779. The second-order valence-electron chi connectivity index (χ2n) is 6.88. The van der Waals surface area contributed by atoms with Crippen LogP contribution in [0.3, 0.4) is 0 Å². The summed E-state index contributed by atoms with van der Waals surface area (Å²) in [5.74, 6) is -1.17. The Labute approximate surface area is 166 Å². The standard InChI is InChI=1S/C21H21F3N2O3/c1-13-11-15(12-14(2)18(13)29-21(23)24)19(27)25-7-9-26(10-8-25)20(28)16-5-3-4-6-17(16)22/h3-6,11-12,21H,7-10H2,1-2H3. The number of piperazine rings is 1. The van der Waals surface area contributed by atoms with Crippen LogP contribution in [0, 0.1) is 19.7 Å². The molecule has 0 aliphatic carbocycles. The molecule has 8 heteroatoms. The highest BCUT2D eigenvalue weighted by Gasteiger charge is 2.27. The monoisotopic (exact) mass is 406 g/mol. The van der Waals surface area contributed by atoms with Gasteiger partial charge in [-0.15, -0.1) is 0 Å². The average molecular weight is 406 g/mol. The van der Waals surface area contributed by atoms with Crippen molar-refractivity contribution in [2.24, 2.45) is 0 Å². The van der Waals surface area contributed by atoms with Crippen molar-refractivity contribution in [1.29, 1.82) is 0 Å². The minimum atomic E-state index is -2.94. The number of halogens is 3. The first-order chi connectivity index (χ1) is 13.8. The summed E-state index contributed by atoms with van der Waals surface area (Å²) in [5, 5.41) is 0. The first-order valence-electron chi connectivity index (χ1n) is 9.17. The number of carbonyl (C=O) groups is 2. The topological polar surface area (TPSA) is 49.9 Å². The van der Waals surface area contributed by atoms with Crippen LogP contribution in [0.5, 0.6) is 5.75 Å². The molecule has 2 aromatic rings. The molecule has 1 saturated heterocycles. The largest absolute Gasteiger partial charge is 0.434 e. The number of rotatable bonds is 4. The molecule has 3 rings (SSSR count). The van der Waals surface area contributed by atoms with E-state index in [2.05, 4.69) is 4.74 Å². The van der Waals surface area contributed by atoms with E-state index in [1.54, 1.807) is 24.8 Å². The van der Waals surface area contributed by atoms with E-state index in [4.69, 9.17) is 0 Å². The van der Waals surface area contributed by atoms with Gasteiger partial charge in [-0.2, -0.15) is 8.78 Å². The van der Waals surface area contributed by atoms with Gasteiger partial charge in [0.2, 0.25) is 0 Å². The molecule has 0 spiro atoms. The molecule has 2 amide bonds. The number of carbonyl (C=O) groups excluding carboxylic acids is 2. The number of nitrogens with zero attached hydrogens (tertiary/aromatic N) is 2. The molecule has 154 valence electrons. The molecule has 1 aliphatic rings. The molecule has 0 radical (unpaired) electrons. The van der Waals surface area contributed by atoms with Gasteiger partial charge in [0.1, 0.15) is 11.6 Å². The fraction of sp³-hybridized carbons (Fsp3) is 0.333. The van der Waals surface area contributed by atoms with Crippen molar-refractivity contribution >= 4 is 11.8 Å². The molecule has 0 atom stereocenters. The molecular formula is C21H21F3N2O3. The Morgan fingerprint density at radius 2 is 1.45 bits per heavy atom. The molecule has 1 fully saturated rings. The third-order valence-electron chi connectivity index (χ3n) is 4.87. The number of ether oxygens (including phenoxy) is 1. The molecule has 1 aliphatic heterocycles. The Morgan fingerprint density at radius 3 is 1.97 bits per heavy atom. The predicted molar refractivity (Wildman–Crippen MR) is 101 cm³/mol.